The van der Waals surface area contributed by atoms with Gasteiger partial charge in [0.2, 0.25) is 0 Å². The Balaban J connectivity index is 1.71. The second-order valence-corrected chi connectivity index (χ2v) is 4.77. The molecule has 0 spiro atoms. The van der Waals surface area contributed by atoms with Gasteiger partial charge in [-0.2, -0.15) is 0 Å². The van der Waals surface area contributed by atoms with Crippen molar-refractivity contribution in [3.05, 3.63) is 18.2 Å². The first-order valence-corrected chi connectivity index (χ1v) is 6.14. The Morgan fingerprint density at radius 2 is 2.50 bits per heavy atom. The zero-order valence-corrected chi connectivity index (χ0v) is 10.3. The molecular formula is C12H22N4. The van der Waals surface area contributed by atoms with Gasteiger partial charge in [-0.3, -0.25) is 4.90 Å². The van der Waals surface area contributed by atoms with Crippen LogP contribution in [0.15, 0.2) is 12.4 Å². The van der Waals surface area contributed by atoms with Crippen molar-refractivity contribution in [2.24, 2.45) is 7.05 Å². The molecule has 0 radical (unpaired) electrons. The van der Waals surface area contributed by atoms with Crippen molar-refractivity contribution >= 4 is 0 Å². The highest BCUT2D eigenvalue weighted by molar-refractivity contribution is 4.90. The Hall–Kier alpha value is -0.870. The molecule has 4 nitrogen and oxygen atoms in total. The van der Waals surface area contributed by atoms with E-state index in [1.54, 1.807) is 0 Å². The molecule has 0 amide bonds. The zero-order valence-electron chi connectivity index (χ0n) is 10.3. The number of hydrogen-bond acceptors (Lipinski definition) is 3. The van der Waals surface area contributed by atoms with Gasteiger partial charge in [-0.15, -0.1) is 0 Å². The van der Waals surface area contributed by atoms with Crippen LogP contribution in [0.1, 0.15) is 25.1 Å². The molecule has 1 atom stereocenters. The van der Waals surface area contributed by atoms with E-state index >= 15 is 0 Å². The third-order valence-electron chi connectivity index (χ3n) is 3.35. The molecular weight excluding hydrogens is 200 g/mol. The molecule has 0 saturated carbocycles. The van der Waals surface area contributed by atoms with E-state index in [9.17, 15) is 0 Å². The van der Waals surface area contributed by atoms with Crippen LogP contribution in [0.4, 0.5) is 0 Å². The van der Waals surface area contributed by atoms with E-state index in [4.69, 9.17) is 0 Å². The molecule has 0 aromatic carbocycles. The van der Waals surface area contributed by atoms with Gasteiger partial charge in [-0.05, 0) is 39.4 Å². The van der Waals surface area contributed by atoms with Gasteiger partial charge in [0.25, 0.3) is 0 Å². The Bertz CT molecular complexity index is 315. The predicted octanol–water partition coefficient (Wildman–Crippen LogP) is 0.994. The molecule has 0 aliphatic carbocycles. The van der Waals surface area contributed by atoms with E-state index in [0.29, 0.717) is 0 Å². The lowest BCUT2D eigenvalue weighted by Gasteiger charge is -2.18. The van der Waals surface area contributed by atoms with E-state index in [1.165, 1.54) is 25.8 Å². The lowest BCUT2D eigenvalue weighted by Crippen LogP contribution is -2.28. The first-order chi connectivity index (χ1) is 7.75. The van der Waals surface area contributed by atoms with Crippen molar-refractivity contribution in [3.63, 3.8) is 0 Å². The maximum atomic E-state index is 4.34. The average molecular weight is 222 g/mol. The summed E-state index contributed by atoms with van der Waals surface area (Å²) in [5.74, 6) is 1.14. The van der Waals surface area contributed by atoms with Crippen molar-refractivity contribution in [1.29, 1.82) is 0 Å². The minimum atomic E-state index is 0.740. The van der Waals surface area contributed by atoms with E-state index in [-0.39, 0.29) is 0 Å². The zero-order chi connectivity index (χ0) is 11.4. The maximum absolute atomic E-state index is 4.34. The van der Waals surface area contributed by atoms with Crippen LogP contribution in [0.3, 0.4) is 0 Å². The summed E-state index contributed by atoms with van der Waals surface area (Å²) in [4.78, 5) is 6.69. The molecule has 90 valence electrons. The molecule has 1 saturated heterocycles. The summed E-state index contributed by atoms with van der Waals surface area (Å²) >= 11 is 0. The molecule has 1 aliphatic rings. The standard InChI is InChI=1S/C12H22N4/c1-15(8-5-11-4-3-6-13-11)10-12-14-7-9-16(12)2/h7,9,11,13H,3-6,8,10H2,1-2H3. The molecule has 1 aromatic heterocycles. The fraction of sp³-hybridized carbons (Fsp3) is 0.750. The van der Waals surface area contributed by atoms with Crippen LogP contribution in [0.25, 0.3) is 0 Å². The van der Waals surface area contributed by atoms with Crippen LogP contribution < -0.4 is 5.32 Å². The number of rotatable bonds is 5. The second-order valence-electron chi connectivity index (χ2n) is 4.77. The average Bonchev–Trinajstić information content (AvgIpc) is 2.88. The van der Waals surface area contributed by atoms with Crippen LogP contribution in [0.5, 0.6) is 0 Å². The molecule has 1 unspecified atom stereocenters. The van der Waals surface area contributed by atoms with Gasteiger partial charge in [0.15, 0.2) is 0 Å². The predicted molar refractivity (Wildman–Crippen MR) is 65.2 cm³/mol. The quantitative estimate of drug-likeness (QED) is 0.806. The van der Waals surface area contributed by atoms with Gasteiger partial charge < -0.3 is 9.88 Å². The summed E-state index contributed by atoms with van der Waals surface area (Å²) in [5, 5.41) is 3.53. The minimum Gasteiger partial charge on any atom is -0.337 e. The molecule has 1 aromatic rings. The molecule has 16 heavy (non-hydrogen) atoms. The Morgan fingerprint density at radius 3 is 3.12 bits per heavy atom. The van der Waals surface area contributed by atoms with Gasteiger partial charge in [0, 0.05) is 25.5 Å². The second kappa shape index (κ2) is 5.46. The summed E-state index contributed by atoms with van der Waals surface area (Å²) in [5.41, 5.74) is 0. The monoisotopic (exact) mass is 222 g/mol. The smallest absolute Gasteiger partial charge is 0.122 e. The molecule has 4 heteroatoms. The summed E-state index contributed by atoms with van der Waals surface area (Å²) < 4.78 is 2.09. The SMILES string of the molecule is CN(CCC1CCCN1)Cc1nccn1C. The van der Waals surface area contributed by atoms with Crippen LogP contribution in [-0.4, -0.2) is 40.6 Å². The van der Waals surface area contributed by atoms with Crippen molar-refractivity contribution in [2.45, 2.75) is 31.8 Å². The van der Waals surface area contributed by atoms with Crippen LogP contribution in [0.2, 0.25) is 0 Å². The first-order valence-electron chi connectivity index (χ1n) is 6.14. The summed E-state index contributed by atoms with van der Waals surface area (Å²) in [6.07, 6.45) is 7.80. The van der Waals surface area contributed by atoms with Crippen molar-refractivity contribution < 1.29 is 0 Å². The largest absolute Gasteiger partial charge is 0.337 e. The molecule has 0 bridgehead atoms. The third kappa shape index (κ3) is 3.06. The van der Waals surface area contributed by atoms with Gasteiger partial charge in [-0.25, -0.2) is 4.98 Å². The maximum Gasteiger partial charge on any atom is 0.122 e. The Labute approximate surface area is 97.7 Å². The Morgan fingerprint density at radius 1 is 1.62 bits per heavy atom. The van der Waals surface area contributed by atoms with E-state index in [2.05, 4.69) is 33.9 Å². The van der Waals surface area contributed by atoms with Crippen LogP contribution in [-0.2, 0) is 13.6 Å². The lowest BCUT2D eigenvalue weighted by atomic mass is 10.1. The third-order valence-corrected chi connectivity index (χ3v) is 3.35. The molecule has 1 fully saturated rings. The highest BCUT2D eigenvalue weighted by Gasteiger charge is 2.14. The van der Waals surface area contributed by atoms with E-state index in [0.717, 1.165) is 25.0 Å². The number of aryl methyl sites for hydroxylation is 1. The van der Waals surface area contributed by atoms with Gasteiger partial charge in [-0.1, -0.05) is 0 Å². The summed E-state index contributed by atoms with van der Waals surface area (Å²) in [6.45, 7) is 3.29. The van der Waals surface area contributed by atoms with Gasteiger partial charge >= 0.3 is 0 Å². The van der Waals surface area contributed by atoms with Gasteiger partial charge in [0.05, 0.1) is 6.54 Å². The molecule has 2 heterocycles. The normalized spacial score (nSPS) is 20.8. The molecule has 2 rings (SSSR count). The lowest BCUT2D eigenvalue weighted by molar-refractivity contribution is 0.296. The number of hydrogen-bond donors (Lipinski definition) is 1. The van der Waals surface area contributed by atoms with Crippen molar-refractivity contribution in [2.75, 3.05) is 20.1 Å². The first kappa shape index (κ1) is 11.6. The summed E-state index contributed by atoms with van der Waals surface area (Å²) in [6, 6.07) is 0.740. The van der Waals surface area contributed by atoms with Crippen LogP contribution in [0, 0.1) is 0 Å². The number of nitrogens with one attached hydrogen (secondary N) is 1. The minimum absolute atomic E-state index is 0.740. The number of imidazole rings is 1. The van der Waals surface area contributed by atoms with Crippen LogP contribution >= 0.6 is 0 Å². The topological polar surface area (TPSA) is 33.1 Å². The van der Waals surface area contributed by atoms with Crippen molar-refractivity contribution in [1.82, 2.24) is 19.8 Å². The fourth-order valence-corrected chi connectivity index (χ4v) is 2.25. The highest BCUT2D eigenvalue weighted by atomic mass is 15.2. The highest BCUT2D eigenvalue weighted by Crippen LogP contribution is 2.09. The molecule has 1 aliphatic heterocycles. The van der Waals surface area contributed by atoms with Crippen molar-refractivity contribution in [3.8, 4) is 0 Å². The molecule has 1 N–H and O–H groups in total. The summed E-state index contributed by atoms with van der Waals surface area (Å²) in [7, 11) is 4.22. The Kier molecular flexibility index (Phi) is 3.96. The van der Waals surface area contributed by atoms with E-state index < -0.39 is 0 Å². The fourth-order valence-electron chi connectivity index (χ4n) is 2.25. The van der Waals surface area contributed by atoms with Gasteiger partial charge in [0.1, 0.15) is 5.82 Å². The number of aromatic nitrogens is 2. The van der Waals surface area contributed by atoms with E-state index in [1.807, 2.05) is 12.4 Å². The number of nitrogens with zero attached hydrogens (tertiary/aromatic N) is 3.